The smallest absolute Gasteiger partial charge is 0.237 e. The van der Waals surface area contributed by atoms with Gasteiger partial charge in [-0.2, -0.15) is 10.2 Å². The quantitative estimate of drug-likeness (QED) is 0.874. The molecule has 4 rings (SSSR count). The number of rotatable bonds is 5. The van der Waals surface area contributed by atoms with Gasteiger partial charge in [0.05, 0.1) is 12.6 Å². The first-order valence-electron chi connectivity index (χ1n) is 9.37. The van der Waals surface area contributed by atoms with Crippen LogP contribution < -0.4 is 5.32 Å². The molecule has 1 aliphatic heterocycles. The summed E-state index contributed by atoms with van der Waals surface area (Å²) in [6, 6.07) is 2.39. The topological polar surface area (TPSA) is 95.1 Å². The van der Waals surface area contributed by atoms with Crippen molar-refractivity contribution in [2.45, 2.75) is 63.5 Å². The second-order valence-electron chi connectivity index (χ2n) is 7.95. The van der Waals surface area contributed by atoms with Crippen molar-refractivity contribution < 1.29 is 9.32 Å². The van der Waals surface area contributed by atoms with Gasteiger partial charge in [-0.3, -0.25) is 4.79 Å². The number of likely N-dealkylation sites (tertiary alicyclic amines) is 1. The molecule has 1 saturated heterocycles. The highest BCUT2D eigenvalue weighted by Crippen LogP contribution is 2.52. The summed E-state index contributed by atoms with van der Waals surface area (Å²) in [7, 11) is 0. The molecule has 7 heteroatoms. The van der Waals surface area contributed by atoms with E-state index in [4.69, 9.17) is 9.78 Å². The van der Waals surface area contributed by atoms with Crippen molar-refractivity contribution in [3.05, 3.63) is 12.2 Å². The minimum Gasteiger partial charge on any atom is -0.343 e. The Kier molecular flexibility index (Phi) is 4.46. The molecular formula is C18H25N5O2. The van der Waals surface area contributed by atoms with Crippen molar-refractivity contribution in [1.82, 2.24) is 20.4 Å². The second kappa shape index (κ2) is 6.75. The fraction of sp³-hybridized carbons (Fsp3) is 0.778. The normalized spacial score (nSPS) is 34.2. The van der Waals surface area contributed by atoms with Crippen LogP contribution in [0.4, 0.5) is 0 Å². The molecule has 1 aromatic heterocycles. The van der Waals surface area contributed by atoms with Crippen LogP contribution in [0.2, 0.25) is 0 Å². The highest BCUT2D eigenvalue weighted by molar-refractivity contribution is 5.79. The van der Waals surface area contributed by atoms with E-state index in [-0.39, 0.29) is 17.4 Å². The summed E-state index contributed by atoms with van der Waals surface area (Å²) in [5.41, 5.74) is 0.246. The first kappa shape index (κ1) is 16.5. The molecule has 3 aliphatic rings. The van der Waals surface area contributed by atoms with Crippen molar-refractivity contribution in [2.75, 3.05) is 13.1 Å². The summed E-state index contributed by atoms with van der Waals surface area (Å²) in [6.45, 7) is 1.06. The average molecular weight is 343 g/mol. The van der Waals surface area contributed by atoms with Crippen molar-refractivity contribution in [3.63, 3.8) is 0 Å². The van der Waals surface area contributed by atoms with E-state index in [1.165, 1.54) is 32.1 Å². The number of nitrogens with zero attached hydrogens (tertiary/aromatic N) is 4. The molecule has 2 aliphatic carbocycles. The van der Waals surface area contributed by atoms with Gasteiger partial charge in [0.2, 0.25) is 12.3 Å². The summed E-state index contributed by atoms with van der Waals surface area (Å²) in [5.74, 6) is 1.49. The van der Waals surface area contributed by atoms with Gasteiger partial charge in [-0.1, -0.05) is 11.6 Å². The van der Waals surface area contributed by atoms with Crippen molar-refractivity contribution in [2.24, 2.45) is 11.3 Å². The van der Waals surface area contributed by atoms with E-state index < -0.39 is 0 Å². The predicted molar refractivity (Wildman–Crippen MR) is 89.1 cm³/mol. The predicted octanol–water partition coefficient (Wildman–Crippen LogP) is 1.67. The van der Waals surface area contributed by atoms with E-state index in [1.807, 2.05) is 0 Å². The van der Waals surface area contributed by atoms with Crippen molar-refractivity contribution >= 4 is 5.91 Å². The van der Waals surface area contributed by atoms with Gasteiger partial charge < -0.3 is 14.7 Å². The van der Waals surface area contributed by atoms with Crippen LogP contribution in [-0.2, 0) is 11.2 Å². The Morgan fingerprint density at radius 1 is 1.44 bits per heavy atom. The van der Waals surface area contributed by atoms with Crippen LogP contribution in [-0.4, -0.2) is 46.1 Å². The number of nitrogens with one attached hydrogen (secondary N) is 1. The average Bonchev–Trinajstić information content (AvgIpc) is 3.33. The summed E-state index contributed by atoms with van der Waals surface area (Å²) >= 11 is 0. The monoisotopic (exact) mass is 343 g/mol. The van der Waals surface area contributed by atoms with E-state index in [0.29, 0.717) is 25.0 Å². The molecule has 1 aromatic rings. The zero-order valence-corrected chi connectivity index (χ0v) is 14.5. The molecule has 2 heterocycles. The summed E-state index contributed by atoms with van der Waals surface area (Å²) < 4.78 is 4.89. The highest BCUT2D eigenvalue weighted by atomic mass is 16.5. The minimum atomic E-state index is -0.235. The van der Waals surface area contributed by atoms with Crippen LogP contribution in [0.1, 0.15) is 50.8 Å². The third-order valence-corrected chi connectivity index (χ3v) is 6.38. The highest BCUT2D eigenvalue weighted by Gasteiger charge is 2.48. The maximum Gasteiger partial charge on any atom is 0.237 e. The fourth-order valence-electron chi connectivity index (χ4n) is 5.26. The van der Waals surface area contributed by atoms with E-state index in [1.54, 1.807) is 4.90 Å². The zero-order valence-electron chi connectivity index (χ0n) is 14.5. The van der Waals surface area contributed by atoms with Gasteiger partial charge in [0, 0.05) is 19.0 Å². The number of hydrogen-bond donors (Lipinski definition) is 1. The lowest BCUT2D eigenvalue weighted by Crippen LogP contribution is -2.44. The van der Waals surface area contributed by atoms with Gasteiger partial charge >= 0.3 is 0 Å². The van der Waals surface area contributed by atoms with Crippen LogP contribution in [0.3, 0.4) is 0 Å². The second-order valence-corrected chi connectivity index (χ2v) is 7.95. The third kappa shape index (κ3) is 3.28. The van der Waals surface area contributed by atoms with E-state index in [9.17, 15) is 4.79 Å². The SMILES string of the molecule is N#C[C@@H]1CCCN1C(=O)CNC1CC2(Cc3ncon3)CCCC1C2. The maximum absolute atomic E-state index is 12.5. The third-order valence-electron chi connectivity index (χ3n) is 6.38. The molecule has 134 valence electrons. The Hall–Kier alpha value is -1.94. The molecular weight excluding hydrogens is 318 g/mol. The van der Waals surface area contributed by atoms with Crippen LogP contribution in [0.15, 0.2) is 10.9 Å². The summed E-state index contributed by atoms with van der Waals surface area (Å²) in [5, 5.41) is 16.7. The van der Waals surface area contributed by atoms with Gasteiger partial charge in [0.1, 0.15) is 6.04 Å². The number of amides is 1. The number of fused-ring (bicyclic) bond motifs is 2. The van der Waals surface area contributed by atoms with Crippen LogP contribution >= 0.6 is 0 Å². The molecule has 4 atom stereocenters. The number of hydrogen-bond acceptors (Lipinski definition) is 6. The molecule has 2 saturated carbocycles. The number of carbonyl (C=O) groups excluding carboxylic acids is 1. The number of carbonyl (C=O) groups is 1. The minimum absolute atomic E-state index is 0.0673. The Morgan fingerprint density at radius 2 is 2.36 bits per heavy atom. The molecule has 1 N–H and O–H groups in total. The van der Waals surface area contributed by atoms with Gasteiger partial charge in [-0.05, 0) is 49.9 Å². The zero-order chi connectivity index (χ0) is 17.3. The Bertz CT molecular complexity index is 655. The van der Waals surface area contributed by atoms with E-state index in [0.717, 1.165) is 31.5 Å². The standard InChI is InChI=1S/C18H25N5O2/c19-10-14-4-2-6-23(14)17(24)11-20-15-8-18(5-1-3-13(15)7-18)9-16-21-12-25-22-16/h12-15,20H,1-9,11H2/t13?,14-,15?,18?/m0/s1. The van der Waals surface area contributed by atoms with Crippen molar-refractivity contribution in [1.29, 1.82) is 5.26 Å². The van der Waals surface area contributed by atoms with Crippen molar-refractivity contribution in [3.8, 4) is 6.07 Å². The van der Waals surface area contributed by atoms with Gasteiger partial charge in [-0.25, -0.2) is 0 Å². The molecule has 0 radical (unpaired) electrons. The molecule has 0 spiro atoms. The molecule has 7 nitrogen and oxygen atoms in total. The summed E-state index contributed by atoms with van der Waals surface area (Å²) in [6.07, 6.45) is 9.92. The summed E-state index contributed by atoms with van der Waals surface area (Å²) in [4.78, 5) is 18.4. The lowest BCUT2D eigenvalue weighted by Gasteiger charge is -2.31. The first-order valence-corrected chi connectivity index (χ1v) is 9.37. The van der Waals surface area contributed by atoms with Gasteiger partial charge in [0.15, 0.2) is 5.82 Å². The van der Waals surface area contributed by atoms with E-state index in [2.05, 4.69) is 21.5 Å². The number of aromatic nitrogens is 2. The Morgan fingerprint density at radius 3 is 3.16 bits per heavy atom. The van der Waals surface area contributed by atoms with Gasteiger partial charge in [0.25, 0.3) is 0 Å². The largest absolute Gasteiger partial charge is 0.343 e. The molecule has 3 unspecified atom stereocenters. The van der Waals surface area contributed by atoms with E-state index >= 15 is 0 Å². The van der Waals surface area contributed by atoms with Gasteiger partial charge in [-0.15, -0.1) is 0 Å². The Balaban J connectivity index is 1.35. The molecule has 25 heavy (non-hydrogen) atoms. The Labute approximate surface area is 147 Å². The molecule has 1 amide bonds. The lowest BCUT2D eigenvalue weighted by atomic mass is 9.73. The molecule has 3 fully saturated rings. The van der Waals surface area contributed by atoms with Crippen LogP contribution in [0, 0.1) is 22.7 Å². The van der Waals surface area contributed by atoms with Crippen LogP contribution in [0.5, 0.6) is 0 Å². The fourth-order valence-corrected chi connectivity index (χ4v) is 5.26. The van der Waals surface area contributed by atoms with Crippen LogP contribution in [0.25, 0.3) is 0 Å². The number of nitriles is 1. The maximum atomic E-state index is 12.5. The first-order chi connectivity index (χ1) is 12.2. The molecule has 0 aromatic carbocycles. The lowest BCUT2D eigenvalue weighted by molar-refractivity contribution is -0.130. The molecule has 2 bridgehead atoms.